The summed E-state index contributed by atoms with van der Waals surface area (Å²) in [5.41, 5.74) is 6.89. The Bertz CT molecular complexity index is 570. The highest BCUT2D eigenvalue weighted by Gasteiger charge is 2.29. The van der Waals surface area contributed by atoms with Gasteiger partial charge in [-0.3, -0.25) is 14.4 Å². The molecule has 2 rings (SSSR count). The van der Waals surface area contributed by atoms with Crippen molar-refractivity contribution < 1.29 is 14.4 Å². The zero-order chi connectivity index (χ0) is 15.6. The van der Waals surface area contributed by atoms with Gasteiger partial charge in [0.05, 0.1) is 6.54 Å². The topological polar surface area (TPSA) is 87.0 Å². The first-order valence-electron chi connectivity index (χ1n) is 6.52. The molecule has 0 unspecified atom stereocenters. The van der Waals surface area contributed by atoms with Crippen LogP contribution in [-0.2, 0) is 14.4 Å². The van der Waals surface area contributed by atoms with Gasteiger partial charge >= 0.3 is 0 Å². The summed E-state index contributed by atoms with van der Waals surface area (Å²) in [6.07, 6.45) is 0. The molecule has 1 heterocycles. The Morgan fingerprint density at radius 1 is 1.19 bits per heavy atom. The molecule has 0 saturated carbocycles. The molecule has 1 aromatic carbocycles. The molecule has 112 valence electrons. The van der Waals surface area contributed by atoms with E-state index in [9.17, 15) is 14.4 Å². The third-order valence-corrected chi connectivity index (χ3v) is 3.46. The Labute approximate surface area is 122 Å². The Hall–Kier alpha value is -2.57. The molecule has 0 spiro atoms. The van der Waals surface area contributed by atoms with Crippen LogP contribution >= 0.6 is 0 Å². The van der Waals surface area contributed by atoms with Gasteiger partial charge in [-0.25, -0.2) is 0 Å². The zero-order valence-electron chi connectivity index (χ0n) is 12.1. The number of nitrogens with zero attached hydrogens (tertiary/aromatic N) is 3. The van der Waals surface area contributed by atoms with Crippen molar-refractivity contribution in [1.82, 2.24) is 9.80 Å². The second kappa shape index (κ2) is 5.82. The number of amides is 3. The van der Waals surface area contributed by atoms with E-state index in [0.29, 0.717) is 11.4 Å². The number of rotatable bonds is 3. The Kier molecular flexibility index (Phi) is 4.11. The van der Waals surface area contributed by atoms with Crippen molar-refractivity contribution in [3.63, 3.8) is 0 Å². The Morgan fingerprint density at radius 3 is 2.43 bits per heavy atom. The SMILES string of the molecule is CN1CC(=O)N(CC(=O)N(C)c2ccc(N)cc2)CC1=O. The van der Waals surface area contributed by atoms with E-state index in [4.69, 9.17) is 5.73 Å². The van der Waals surface area contributed by atoms with E-state index in [1.807, 2.05) is 0 Å². The number of likely N-dealkylation sites (N-methyl/N-ethyl adjacent to an activating group) is 2. The summed E-state index contributed by atoms with van der Waals surface area (Å²) in [6, 6.07) is 6.85. The summed E-state index contributed by atoms with van der Waals surface area (Å²) in [5.74, 6) is -0.654. The van der Waals surface area contributed by atoms with Crippen LogP contribution in [0.2, 0.25) is 0 Å². The molecule has 3 amide bonds. The van der Waals surface area contributed by atoms with Gasteiger partial charge in [0, 0.05) is 25.5 Å². The maximum absolute atomic E-state index is 12.2. The lowest BCUT2D eigenvalue weighted by Crippen LogP contribution is -2.54. The van der Waals surface area contributed by atoms with Crippen molar-refractivity contribution >= 4 is 29.1 Å². The number of nitrogens with two attached hydrogens (primary N) is 1. The number of nitrogen functional groups attached to an aromatic ring is 1. The van der Waals surface area contributed by atoms with Crippen LogP contribution in [0, 0.1) is 0 Å². The smallest absolute Gasteiger partial charge is 0.246 e. The highest BCUT2D eigenvalue weighted by Crippen LogP contribution is 2.15. The summed E-state index contributed by atoms with van der Waals surface area (Å²) in [5, 5.41) is 0. The predicted molar refractivity (Wildman–Crippen MR) is 78.5 cm³/mol. The molecule has 0 aromatic heterocycles. The van der Waals surface area contributed by atoms with Gasteiger partial charge in [-0.15, -0.1) is 0 Å². The average molecular weight is 290 g/mol. The van der Waals surface area contributed by atoms with Crippen LogP contribution in [-0.4, -0.2) is 61.3 Å². The Balaban J connectivity index is 2.02. The van der Waals surface area contributed by atoms with Crippen LogP contribution in [0.3, 0.4) is 0 Å². The van der Waals surface area contributed by atoms with Gasteiger partial charge in [0.15, 0.2) is 0 Å². The molecule has 0 aliphatic carbocycles. The van der Waals surface area contributed by atoms with E-state index in [1.54, 1.807) is 38.4 Å². The normalized spacial score (nSPS) is 15.3. The number of carbonyl (C=O) groups is 3. The molecule has 1 aliphatic rings. The standard InChI is InChI=1S/C14H18N4O3/c1-16-7-14(21)18(8-12(16)19)9-13(20)17(2)11-5-3-10(15)4-6-11/h3-6H,7-9,15H2,1-2H3. The minimum absolute atomic E-state index is 0.0116. The van der Waals surface area contributed by atoms with Gasteiger partial charge in [0.1, 0.15) is 13.1 Å². The van der Waals surface area contributed by atoms with Crippen molar-refractivity contribution in [2.45, 2.75) is 0 Å². The summed E-state index contributed by atoms with van der Waals surface area (Å²) in [6.45, 7) is -0.159. The number of benzene rings is 1. The molecule has 0 atom stereocenters. The third-order valence-electron chi connectivity index (χ3n) is 3.46. The lowest BCUT2D eigenvalue weighted by molar-refractivity contribution is -0.150. The van der Waals surface area contributed by atoms with Gasteiger partial charge in [-0.1, -0.05) is 0 Å². The molecule has 7 nitrogen and oxygen atoms in total. The highest BCUT2D eigenvalue weighted by atomic mass is 16.2. The van der Waals surface area contributed by atoms with Crippen LogP contribution in [0.5, 0.6) is 0 Å². The van der Waals surface area contributed by atoms with Gasteiger partial charge in [-0.05, 0) is 24.3 Å². The van der Waals surface area contributed by atoms with Crippen LogP contribution in [0.25, 0.3) is 0 Å². The molecule has 1 aromatic rings. The number of hydrogen-bond acceptors (Lipinski definition) is 4. The molecule has 1 aliphatic heterocycles. The molecule has 1 saturated heterocycles. The number of hydrogen-bond donors (Lipinski definition) is 1. The Morgan fingerprint density at radius 2 is 1.81 bits per heavy atom. The van der Waals surface area contributed by atoms with Crippen molar-refractivity contribution in [2.24, 2.45) is 0 Å². The van der Waals surface area contributed by atoms with E-state index in [-0.39, 0.29) is 37.4 Å². The maximum atomic E-state index is 12.2. The molecule has 1 fully saturated rings. The van der Waals surface area contributed by atoms with Crippen LogP contribution in [0.15, 0.2) is 24.3 Å². The quantitative estimate of drug-likeness (QED) is 0.763. The van der Waals surface area contributed by atoms with E-state index >= 15 is 0 Å². The minimum Gasteiger partial charge on any atom is -0.399 e. The number of carbonyl (C=O) groups excluding carboxylic acids is 3. The average Bonchev–Trinajstić information content (AvgIpc) is 2.44. The van der Waals surface area contributed by atoms with E-state index in [0.717, 1.165) is 0 Å². The predicted octanol–water partition coefficient (Wildman–Crippen LogP) is -0.468. The third kappa shape index (κ3) is 3.31. The molecular weight excluding hydrogens is 272 g/mol. The second-order valence-electron chi connectivity index (χ2n) is 5.04. The fraction of sp³-hybridized carbons (Fsp3) is 0.357. The van der Waals surface area contributed by atoms with Crippen LogP contribution in [0.1, 0.15) is 0 Å². The van der Waals surface area contributed by atoms with E-state index in [2.05, 4.69) is 0 Å². The van der Waals surface area contributed by atoms with Crippen molar-refractivity contribution in [3.05, 3.63) is 24.3 Å². The molecule has 0 bridgehead atoms. The maximum Gasteiger partial charge on any atom is 0.246 e. The molecule has 21 heavy (non-hydrogen) atoms. The van der Waals surface area contributed by atoms with E-state index in [1.165, 1.54) is 14.7 Å². The zero-order valence-corrected chi connectivity index (χ0v) is 12.1. The monoisotopic (exact) mass is 290 g/mol. The largest absolute Gasteiger partial charge is 0.399 e. The lowest BCUT2D eigenvalue weighted by Gasteiger charge is -2.32. The first kappa shape index (κ1) is 14.8. The second-order valence-corrected chi connectivity index (χ2v) is 5.04. The van der Waals surface area contributed by atoms with Gasteiger partial charge < -0.3 is 20.4 Å². The minimum atomic E-state index is -0.259. The highest BCUT2D eigenvalue weighted by molar-refractivity contribution is 5.99. The summed E-state index contributed by atoms with van der Waals surface area (Å²) < 4.78 is 0. The fourth-order valence-electron chi connectivity index (χ4n) is 2.02. The number of piperazine rings is 1. The molecule has 2 N–H and O–H groups in total. The lowest BCUT2D eigenvalue weighted by atomic mass is 10.2. The first-order chi connectivity index (χ1) is 9.88. The van der Waals surface area contributed by atoms with Gasteiger partial charge in [-0.2, -0.15) is 0 Å². The molecular formula is C14H18N4O3. The van der Waals surface area contributed by atoms with Crippen molar-refractivity contribution in [3.8, 4) is 0 Å². The summed E-state index contributed by atoms with van der Waals surface area (Å²) in [4.78, 5) is 39.7. The molecule has 0 radical (unpaired) electrons. The van der Waals surface area contributed by atoms with E-state index < -0.39 is 0 Å². The fourth-order valence-corrected chi connectivity index (χ4v) is 2.02. The summed E-state index contributed by atoms with van der Waals surface area (Å²) in [7, 11) is 3.19. The van der Waals surface area contributed by atoms with Crippen molar-refractivity contribution in [1.29, 1.82) is 0 Å². The summed E-state index contributed by atoms with van der Waals surface area (Å²) >= 11 is 0. The first-order valence-corrected chi connectivity index (χ1v) is 6.52. The van der Waals surface area contributed by atoms with Crippen LogP contribution in [0.4, 0.5) is 11.4 Å². The molecule has 7 heteroatoms. The van der Waals surface area contributed by atoms with Crippen molar-refractivity contribution in [2.75, 3.05) is 44.4 Å². The van der Waals surface area contributed by atoms with Gasteiger partial charge in [0.2, 0.25) is 17.7 Å². The number of anilines is 2. The van der Waals surface area contributed by atoms with Crippen LogP contribution < -0.4 is 10.6 Å². The van der Waals surface area contributed by atoms with Gasteiger partial charge in [0.25, 0.3) is 0 Å².